The van der Waals surface area contributed by atoms with Crippen molar-refractivity contribution in [3.8, 4) is 0 Å². The van der Waals surface area contributed by atoms with Crippen LogP contribution in [0.5, 0.6) is 0 Å². The van der Waals surface area contributed by atoms with E-state index in [2.05, 4.69) is 5.32 Å². The van der Waals surface area contributed by atoms with E-state index in [1.165, 1.54) is 13.0 Å². The summed E-state index contributed by atoms with van der Waals surface area (Å²) in [5.41, 5.74) is 5.44. The molecule has 140 valence electrons. The van der Waals surface area contributed by atoms with Crippen molar-refractivity contribution in [1.82, 2.24) is 4.90 Å². The van der Waals surface area contributed by atoms with Crippen LogP contribution in [-0.4, -0.2) is 51.4 Å². The molecule has 1 aromatic heterocycles. The molecule has 26 heavy (non-hydrogen) atoms. The van der Waals surface area contributed by atoms with E-state index >= 15 is 0 Å². The lowest BCUT2D eigenvalue weighted by atomic mass is 10.2. The molecule has 3 atom stereocenters. The van der Waals surface area contributed by atoms with E-state index < -0.39 is 29.9 Å². The van der Waals surface area contributed by atoms with Crippen LogP contribution in [-0.2, 0) is 19.1 Å². The third kappa shape index (κ3) is 3.30. The Kier molecular flexibility index (Phi) is 4.98. The summed E-state index contributed by atoms with van der Waals surface area (Å²) in [5, 5.41) is 4.48. The van der Waals surface area contributed by atoms with E-state index in [9.17, 15) is 19.2 Å². The van der Waals surface area contributed by atoms with Crippen LogP contribution in [0.4, 0.5) is 5.00 Å². The van der Waals surface area contributed by atoms with E-state index in [-0.39, 0.29) is 16.3 Å². The fraction of sp³-hybridized carbons (Fsp3) is 0.500. The average molecular weight is 397 g/mol. The zero-order chi connectivity index (χ0) is 19.1. The number of hydrogen-bond acceptors (Lipinski definition) is 7. The normalized spacial score (nSPS) is 25.7. The van der Waals surface area contributed by atoms with Gasteiger partial charge in [-0.05, 0) is 31.7 Å². The van der Waals surface area contributed by atoms with E-state index in [0.717, 1.165) is 11.3 Å². The number of rotatable bonds is 5. The van der Waals surface area contributed by atoms with Crippen LogP contribution in [0.15, 0.2) is 11.4 Å². The Hall–Kier alpha value is -2.07. The number of esters is 1. The van der Waals surface area contributed by atoms with Crippen LogP contribution < -0.4 is 11.1 Å². The van der Waals surface area contributed by atoms with Crippen molar-refractivity contribution in [2.24, 2.45) is 5.73 Å². The number of thiophene rings is 1. The lowest BCUT2D eigenvalue weighted by Gasteiger charge is -2.29. The molecule has 10 heteroatoms. The minimum Gasteiger partial charge on any atom is -0.451 e. The van der Waals surface area contributed by atoms with Crippen molar-refractivity contribution < 1.29 is 23.9 Å². The lowest BCUT2D eigenvalue weighted by Crippen LogP contribution is -2.48. The molecular weight excluding hydrogens is 378 g/mol. The maximum Gasteiger partial charge on any atom is 0.330 e. The summed E-state index contributed by atoms with van der Waals surface area (Å²) in [5.74, 6) is -1.43. The van der Waals surface area contributed by atoms with Gasteiger partial charge in [-0.2, -0.15) is 0 Å². The zero-order valence-electron chi connectivity index (χ0n) is 14.3. The summed E-state index contributed by atoms with van der Waals surface area (Å²) in [6.45, 7) is 3.38. The molecule has 3 amide bonds. The smallest absolute Gasteiger partial charge is 0.330 e. The first-order valence-corrected chi connectivity index (χ1v) is 9.94. The van der Waals surface area contributed by atoms with Crippen molar-refractivity contribution in [2.75, 3.05) is 11.1 Å². The minimum atomic E-state index is -1.07. The first-order chi connectivity index (χ1) is 12.2. The molecule has 2 aliphatic heterocycles. The van der Waals surface area contributed by atoms with Gasteiger partial charge < -0.3 is 20.7 Å². The number of fused-ring (bicyclic) bond motifs is 1. The van der Waals surface area contributed by atoms with E-state index in [4.69, 9.17) is 10.5 Å². The SMILES string of the molecule is C[C@@H](OC(=O)[C@H]1CS[C@@]2(C)CCC(=O)N12)C(=O)Nc1sccc1C(N)=O. The summed E-state index contributed by atoms with van der Waals surface area (Å²) in [4.78, 5) is 49.4. The summed E-state index contributed by atoms with van der Waals surface area (Å²) < 4.78 is 5.28. The van der Waals surface area contributed by atoms with Gasteiger partial charge in [0.25, 0.3) is 11.8 Å². The summed E-state index contributed by atoms with van der Waals surface area (Å²) >= 11 is 2.70. The van der Waals surface area contributed by atoms with Gasteiger partial charge in [-0.25, -0.2) is 4.79 Å². The molecule has 3 N–H and O–H groups in total. The van der Waals surface area contributed by atoms with Crippen LogP contribution in [0, 0.1) is 0 Å². The zero-order valence-corrected chi connectivity index (χ0v) is 15.9. The Labute approximate surface area is 158 Å². The second kappa shape index (κ2) is 6.92. The highest BCUT2D eigenvalue weighted by Gasteiger charge is 2.53. The summed E-state index contributed by atoms with van der Waals surface area (Å²) in [6.07, 6.45) is 0.0437. The van der Waals surface area contributed by atoms with Crippen LogP contribution >= 0.6 is 23.1 Å². The number of nitrogens with zero attached hydrogens (tertiary/aromatic N) is 1. The Balaban J connectivity index is 1.62. The van der Waals surface area contributed by atoms with Crippen molar-refractivity contribution >= 4 is 51.8 Å². The molecule has 2 aliphatic rings. The molecule has 2 saturated heterocycles. The topological polar surface area (TPSA) is 119 Å². The van der Waals surface area contributed by atoms with Crippen LogP contribution in [0.3, 0.4) is 0 Å². The maximum absolute atomic E-state index is 12.5. The van der Waals surface area contributed by atoms with Crippen molar-refractivity contribution in [3.63, 3.8) is 0 Å². The quantitative estimate of drug-likeness (QED) is 0.720. The number of hydrogen-bond donors (Lipinski definition) is 2. The Morgan fingerprint density at radius 3 is 2.88 bits per heavy atom. The van der Waals surface area contributed by atoms with E-state index in [1.54, 1.807) is 22.0 Å². The molecule has 3 heterocycles. The van der Waals surface area contributed by atoms with E-state index in [1.807, 2.05) is 6.92 Å². The van der Waals surface area contributed by atoms with Crippen molar-refractivity contribution in [3.05, 3.63) is 17.0 Å². The number of ether oxygens (including phenoxy) is 1. The highest BCUT2D eigenvalue weighted by Crippen LogP contribution is 2.47. The molecule has 3 rings (SSSR count). The van der Waals surface area contributed by atoms with Crippen molar-refractivity contribution in [1.29, 1.82) is 0 Å². The third-order valence-corrected chi connectivity index (χ3v) is 6.88. The molecule has 0 unspecified atom stereocenters. The molecule has 0 radical (unpaired) electrons. The minimum absolute atomic E-state index is 0.0683. The van der Waals surface area contributed by atoms with Crippen LogP contribution in [0.2, 0.25) is 0 Å². The third-order valence-electron chi connectivity index (χ3n) is 4.55. The number of primary amides is 1. The highest BCUT2D eigenvalue weighted by molar-refractivity contribution is 8.01. The predicted molar refractivity (Wildman–Crippen MR) is 97.8 cm³/mol. The van der Waals surface area contributed by atoms with Gasteiger partial charge in [0.1, 0.15) is 11.0 Å². The van der Waals surface area contributed by atoms with Crippen molar-refractivity contribution in [2.45, 2.75) is 43.7 Å². The van der Waals surface area contributed by atoms with Gasteiger partial charge >= 0.3 is 5.97 Å². The monoisotopic (exact) mass is 397 g/mol. The molecule has 0 spiro atoms. The fourth-order valence-electron chi connectivity index (χ4n) is 3.12. The molecule has 2 fully saturated rings. The largest absolute Gasteiger partial charge is 0.451 e. The van der Waals surface area contributed by atoms with Gasteiger partial charge in [0.15, 0.2) is 6.10 Å². The Morgan fingerprint density at radius 1 is 1.46 bits per heavy atom. The summed E-state index contributed by atoms with van der Waals surface area (Å²) in [6, 6.07) is 0.827. The predicted octanol–water partition coefficient (Wildman–Crippen LogP) is 1.17. The van der Waals surface area contributed by atoms with Gasteiger partial charge in [0.2, 0.25) is 5.91 Å². The fourth-order valence-corrected chi connectivity index (χ4v) is 5.33. The Bertz CT molecular complexity index is 780. The average Bonchev–Trinajstić information content (AvgIpc) is 3.23. The first-order valence-electron chi connectivity index (χ1n) is 8.08. The first kappa shape index (κ1) is 18.7. The molecule has 0 aliphatic carbocycles. The second-order valence-electron chi connectivity index (χ2n) is 6.36. The number of carbonyl (C=O) groups is 4. The maximum atomic E-state index is 12.5. The number of carbonyl (C=O) groups excluding carboxylic acids is 4. The number of nitrogens with two attached hydrogens (primary N) is 1. The van der Waals surface area contributed by atoms with Gasteiger partial charge in [0, 0.05) is 12.2 Å². The standard InChI is InChI=1S/C16H19N3O5S2/c1-8(13(22)18-14-9(12(17)21)4-6-25-14)24-15(23)10-7-26-16(2)5-3-11(20)19(10)16/h4,6,8,10H,3,5,7H2,1-2H3,(H2,17,21)(H,18,22)/t8-,10-,16+/m1/s1. The molecule has 0 aromatic carbocycles. The van der Waals surface area contributed by atoms with E-state index in [0.29, 0.717) is 23.6 Å². The second-order valence-corrected chi connectivity index (χ2v) is 8.78. The van der Waals surface area contributed by atoms with Crippen LogP contribution in [0.1, 0.15) is 37.0 Å². The van der Waals surface area contributed by atoms with Crippen LogP contribution in [0.25, 0.3) is 0 Å². The number of nitrogens with one attached hydrogen (secondary N) is 1. The van der Waals surface area contributed by atoms with Gasteiger partial charge in [-0.1, -0.05) is 0 Å². The van der Waals surface area contributed by atoms with Gasteiger partial charge in [-0.15, -0.1) is 23.1 Å². The molecule has 1 aromatic rings. The molecular formula is C16H19N3O5S2. The summed E-state index contributed by atoms with van der Waals surface area (Å²) in [7, 11) is 0. The highest BCUT2D eigenvalue weighted by atomic mass is 32.2. The lowest BCUT2D eigenvalue weighted by molar-refractivity contribution is -0.160. The molecule has 0 bridgehead atoms. The Morgan fingerprint density at radius 2 is 2.19 bits per heavy atom. The number of amides is 3. The van der Waals surface area contributed by atoms with Gasteiger partial charge in [-0.3, -0.25) is 14.4 Å². The number of anilines is 1. The molecule has 0 saturated carbocycles. The number of thioether (sulfide) groups is 1. The molecule has 8 nitrogen and oxygen atoms in total. The van der Waals surface area contributed by atoms with Gasteiger partial charge in [0.05, 0.1) is 10.4 Å².